The molecule has 3 rings (SSSR count). The van der Waals surface area contributed by atoms with Crippen LogP contribution in [0.2, 0.25) is 0 Å². The Bertz CT molecular complexity index is 611. The van der Waals surface area contributed by atoms with Crippen LogP contribution in [0.4, 0.5) is 5.69 Å². The van der Waals surface area contributed by atoms with Crippen molar-refractivity contribution in [1.29, 1.82) is 0 Å². The summed E-state index contributed by atoms with van der Waals surface area (Å²) in [5, 5.41) is 6.13. The van der Waals surface area contributed by atoms with Crippen LogP contribution in [0.15, 0.2) is 24.3 Å². The Morgan fingerprint density at radius 3 is 2.56 bits per heavy atom. The third-order valence-corrected chi connectivity index (χ3v) is 5.37. The Hall–Kier alpha value is -1.88. The van der Waals surface area contributed by atoms with Crippen molar-refractivity contribution in [2.24, 2.45) is 5.92 Å². The highest BCUT2D eigenvalue weighted by Crippen LogP contribution is 2.22. The lowest BCUT2D eigenvalue weighted by Gasteiger charge is -2.29. The maximum atomic E-state index is 12.7. The van der Waals surface area contributed by atoms with Crippen LogP contribution in [0.5, 0.6) is 0 Å². The van der Waals surface area contributed by atoms with Gasteiger partial charge in [-0.3, -0.25) is 9.59 Å². The molecule has 1 aliphatic heterocycles. The van der Waals surface area contributed by atoms with Crippen LogP contribution in [0.1, 0.15) is 55.3 Å². The number of rotatable bonds is 4. The number of piperidine rings is 1. The molecule has 5 heteroatoms. The number of benzene rings is 1. The molecule has 1 aromatic rings. The monoisotopic (exact) mass is 343 g/mol. The van der Waals surface area contributed by atoms with Crippen molar-refractivity contribution < 1.29 is 9.59 Å². The summed E-state index contributed by atoms with van der Waals surface area (Å²) >= 11 is 0. The van der Waals surface area contributed by atoms with Crippen LogP contribution in [0.3, 0.4) is 0 Å². The summed E-state index contributed by atoms with van der Waals surface area (Å²) in [6, 6.07) is 7.58. The molecule has 1 aromatic carbocycles. The number of likely N-dealkylation sites (tertiary alicyclic amines) is 1. The van der Waals surface area contributed by atoms with E-state index in [4.69, 9.17) is 0 Å². The van der Waals surface area contributed by atoms with Gasteiger partial charge in [-0.15, -0.1) is 0 Å². The fourth-order valence-corrected chi connectivity index (χ4v) is 3.92. The van der Waals surface area contributed by atoms with Gasteiger partial charge in [-0.2, -0.15) is 0 Å². The molecule has 1 heterocycles. The number of nitrogens with one attached hydrogen (secondary N) is 2. The summed E-state index contributed by atoms with van der Waals surface area (Å²) in [6.07, 6.45) is 7.67. The van der Waals surface area contributed by atoms with Crippen molar-refractivity contribution in [3.8, 4) is 0 Å². The molecule has 0 aromatic heterocycles. The minimum absolute atomic E-state index is 0.00629. The van der Waals surface area contributed by atoms with Crippen molar-refractivity contribution in [2.75, 3.05) is 25.5 Å². The first kappa shape index (κ1) is 17.9. The molecular weight excluding hydrogens is 314 g/mol. The molecule has 1 saturated carbocycles. The zero-order valence-electron chi connectivity index (χ0n) is 15.1. The van der Waals surface area contributed by atoms with Crippen LogP contribution in [0.25, 0.3) is 0 Å². The summed E-state index contributed by atoms with van der Waals surface area (Å²) < 4.78 is 0. The van der Waals surface area contributed by atoms with E-state index in [0.717, 1.165) is 38.8 Å². The largest absolute Gasteiger partial charge is 0.349 e. The van der Waals surface area contributed by atoms with E-state index in [9.17, 15) is 9.59 Å². The molecule has 0 unspecified atom stereocenters. The lowest BCUT2D eigenvalue weighted by Crippen LogP contribution is -2.39. The second-order valence-electron chi connectivity index (χ2n) is 7.44. The number of amides is 2. The van der Waals surface area contributed by atoms with Gasteiger partial charge in [0.25, 0.3) is 5.91 Å². The van der Waals surface area contributed by atoms with Gasteiger partial charge >= 0.3 is 0 Å². The summed E-state index contributed by atoms with van der Waals surface area (Å²) in [7, 11) is 2.05. The molecule has 1 aliphatic carbocycles. The first-order chi connectivity index (χ1) is 12.1. The van der Waals surface area contributed by atoms with Gasteiger partial charge in [0.15, 0.2) is 0 Å². The van der Waals surface area contributed by atoms with Crippen LogP contribution >= 0.6 is 0 Å². The maximum Gasteiger partial charge on any atom is 0.253 e. The molecule has 2 N–H and O–H groups in total. The topological polar surface area (TPSA) is 61.4 Å². The highest BCUT2D eigenvalue weighted by Gasteiger charge is 2.25. The lowest BCUT2D eigenvalue weighted by atomic mass is 9.95. The Balaban J connectivity index is 1.65. The highest BCUT2D eigenvalue weighted by molar-refractivity contribution is 6.04. The van der Waals surface area contributed by atoms with Crippen molar-refractivity contribution in [3.63, 3.8) is 0 Å². The predicted molar refractivity (Wildman–Crippen MR) is 99.6 cm³/mol. The third-order valence-electron chi connectivity index (χ3n) is 5.37. The minimum atomic E-state index is -0.0800. The van der Waals surface area contributed by atoms with E-state index >= 15 is 0 Å². The Morgan fingerprint density at radius 1 is 1.04 bits per heavy atom. The number of anilines is 1. The summed E-state index contributed by atoms with van der Waals surface area (Å²) in [5.41, 5.74) is 1.18. The van der Waals surface area contributed by atoms with E-state index in [0.29, 0.717) is 11.3 Å². The first-order valence-electron chi connectivity index (χ1n) is 9.53. The van der Waals surface area contributed by atoms with Crippen LogP contribution in [0, 0.1) is 5.92 Å². The number of carbonyl (C=O) groups is 2. The quantitative estimate of drug-likeness (QED) is 0.883. The second kappa shape index (κ2) is 8.48. The molecular formula is C20H29N3O2. The predicted octanol–water partition coefficient (Wildman–Crippen LogP) is 3.03. The van der Waals surface area contributed by atoms with Gasteiger partial charge in [0.05, 0.1) is 17.2 Å². The number of hydrogen-bond donors (Lipinski definition) is 2. The van der Waals surface area contributed by atoms with Crippen molar-refractivity contribution >= 4 is 17.5 Å². The molecule has 1 saturated heterocycles. The highest BCUT2D eigenvalue weighted by atomic mass is 16.2. The fourth-order valence-electron chi connectivity index (χ4n) is 3.92. The molecule has 0 spiro atoms. The molecule has 2 amide bonds. The summed E-state index contributed by atoms with van der Waals surface area (Å²) in [4.78, 5) is 27.5. The fraction of sp³-hybridized carbons (Fsp3) is 0.600. The third kappa shape index (κ3) is 4.82. The molecule has 2 fully saturated rings. The lowest BCUT2D eigenvalue weighted by molar-refractivity contribution is -0.121. The van der Waals surface area contributed by atoms with Gasteiger partial charge in [-0.05, 0) is 51.4 Å². The van der Waals surface area contributed by atoms with Gasteiger partial charge in [-0.1, -0.05) is 31.4 Å². The number of carbonyl (C=O) groups excluding carboxylic acids is 2. The van der Waals surface area contributed by atoms with Gasteiger partial charge in [0, 0.05) is 12.6 Å². The Morgan fingerprint density at radius 2 is 1.80 bits per heavy atom. The van der Waals surface area contributed by atoms with E-state index in [1.54, 1.807) is 6.07 Å². The Labute approximate surface area is 150 Å². The minimum Gasteiger partial charge on any atom is -0.349 e. The van der Waals surface area contributed by atoms with Crippen molar-refractivity contribution in [2.45, 2.75) is 51.0 Å². The van der Waals surface area contributed by atoms with E-state index in [1.807, 2.05) is 25.2 Å². The van der Waals surface area contributed by atoms with E-state index < -0.39 is 0 Å². The normalized spacial score (nSPS) is 22.4. The first-order valence-corrected chi connectivity index (χ1v) is 9.53. The van der Waals surface area contributed by atoms with E-state index in [1.165, 1.54) is 19.3 Å². The zero-order valence-corrected chi connectivity index (χ0v) is 15.1. The maximum absolute atomic E-state index is 12.7. The number of para-hydroxylation sites is 1. The van der Waals surface area contributed by atoms with Gasteiger partial charge < -0.3 is 15.5 Å². The SMILES string of the molecule is CN1CCC[C@H](C(=O)Nc2ccccc2C(=O)NC2CCCCC2)C1. The van der Waals surface area contributed by atoms with Crippen LogP contribution in [-0.2, 0) is 4.79 Å². The standard InChI is InChI=1S/C20H29N3O2/c1-23-13-7-8-15(14-23)19(24)22-18-12-6-5-11-17(18)20(25)21-16-9-3-2-4-10-16/h5-6,11-12,15-16H,2-4,7-10,13-14H2,1H3,(H,21,25)(H,22,24)/t15-/m0/s1. The molecule has 1 atom stereocenters. The number of hydrogen-bond acceptors (Lipinski definition) is 3. The molecule has 25 heavy (non-hydrogen) atoms. The van der Waals surface area contributed by atoms with Gasteiger partial charge in [0.1, 0.15) is 0 Å². The zero-order chi connectivity index (χ0) is 17.6. The van der Waals surface area contributed by atoms with E-state index in [2.05, 4.69) is 15.5 Å². The average molecular weight is 343 g/mol. The van der Waals surface area contributed by atoms with E-state index in [-0.39, 0.29) is 23.8 Å². The molecule has 5 nitrogen and oxygen atoms in total. The van der Waals surface area contributed by atoms with Crippen LogP contribution in [-0.4, -0.2) is 42.9 Å². The van der Waals surface area contributed by atoms with Gasteiger partial charge in [-0.25, -0.2) is 0 Å². The molecule has 136 valence electrons. The average Bonchev–Trinajstić information content (AvgIpc) is 2.63. The molecule has 0 bridgehead atoms. The second-order valence-corrected chi connectivity index (χ2v) is 7.44. The van der Waals surface area contributed by atoms with Crippen molar-refractivity contribution in [3.05, 3.63) is 29.8 Å². The number of nitrogens with zero attached hydrogens (tertiary/aromatic N) is 1. The van der Waals surface area contributed by atoms with Gasteiger partial charge in [0.2, 0.25) is 5.91 Å². The summed E-state index contributed by atoms with van der Waals surface area (Å²) in [5.74, 6) is -0.0683. The molecule has 2 aliphatic rings. The van der Waals surface area contributed by atoms with Crippen LogP contribution < -0.4 is 10.6 Å². The molecule has 0 radical (unpaired) electrons. The Kier molecular flexibility index (Phi) is 6.08. The smallest absolute Gasteiger partial charge is 0.253 e. The summed E-state index contributed by atoms with van der Waals surface area (Å²) in [6.45, 7) is 1.83. The van der Waals surface area contributed by atoms with Crippen molar-refractivity contribution in [1.82, 2.24) is 10.2 Å².